The van der Waals surface area contributed by atoms with Crippen LogP contribution in [0.1, 0.15) is 16.2 Å². The normalized spacial score (nSPS) is 14.9. The summed E-state index contributed by atoms with van der Waals surface area (Å²) in [5.74, 6) is -3.98. The molecule has 30 heavy (non-hydrogen) atoms. The van der Waals surface area contributed by atoms with Crippen molar-refractivity contribution in [3.63, 3.8) is 0 Å². The molecule has 1 amide bonds. The molecular formula is C19H16F4N6O. The van der Waals surface area contributed by atoms with Gasteiger partial charge in [-0.15, -0.1) is 5.10 Å². The van der Waals surface area contributed by atoms with E-state index in [1.54, 1.807) is 4.90 Å². The lowest BCUT2D eigenvalue weighted by atomic mass is 10.1. The van der Waals surface area contributed by atoms with E-state index in [-0.39, 0.29) is 11.5 Å². The Morgan fingerprint density at radius 2 is 1.53 bits per heavy atom. The van der Waals surface area contributed by atoms with Gasteiger partial charge in [0.25, 0.3) is 5.91 Å². The summed E-state index contributed by atoms with van der Waals surface area (Å²) in [6, 6.07) is 6.45. The number of piperazine rings is 1. The maximum Gasteiger partial charge on any atom is 0.254 e. The highest BCUT2D eigenvalue weighted by atomic mass is 19.2. The number of nitrogens with zero attached hydrogens (tertiary/aromatic N) is 6. The minimum absolute atomic E-state index is 0.0876. The van der Waals surface area contributed by atoms with Gasteiger partial charge in [0.2, 0.25) is 0 Å². The first kappa shape index (κ1) is 20.0. The lowest BCUT2D eigenvalue weighted by Crippen LogP contribution is -2.48. The molecule has 0 radical (unpaired) electrons. The van der Waals surface area contributed by atoms with Gasteiger partial charge in [0.05, 0.1) is 12.2 Å². The van der Waals surface area contributed by atoms with Crippen LogP contribution >= 0.6 is 0 Å². The third-order valence-electron chi connectivity index (χ3n) is 4.87. The average Bonchev–Trinajstić information content (AvgIpc) is 3.20. The number of hydrogen-bond donors (Lipinski definition) is 0. The summed E-state index contributed by atoms with van der Waals surface area (Å²) in [6.45, 7) is 2.09. The highest BCUT2D eigenvalue weighted by Crippen LogP contribution is 2.16. The summed E-state index contributed by atoms with van der Waals surface area (Å²) in [6.07, 6.45) is 0. The molecule has 0 atom stereocenters. The summed E-state index contributed by atoms with van der Waals surface area (Å²) >= 11 is 0. The van der Waals surface area contributed by atoms with E-state index in [4.69, 9.17) is 0 Å². The van der Waals surface area contributed by atoms with Crippen LogP contribution in [0, 0.1) is 23.3 Å². The van der Waals surface area contributed by atoms with Crippen LogP contribution in [0.15, 0.2) is 36.4 Å². The molecule has 0 saturated carbocycles. The molecule has 3 aromatic rings. The van der Waals surface area contributed by atoms with E-state index in [1.165, 1.54) is 16.8 Å². The summed E-state index contributed by atoms with van der Waals surface area (Å²) in [7, 11) is 0. The predicted molar refractivity (Wildman–Crippen MR) is 96.6 cm³/mol. The van der Waals surface area contributed by atoms with Crippen LogP contribution in [-0.2, 0) is 6.54 Å². The van der Waals surface area contributed by atoms with Crippen LogP contribution in [0.2, 0.25) is 0 Å². The third kappa shape index (κ3) is 4.01. The highest BCUT2D eigenvalue weighted by molar-refractivity contribution is 5.94. The minimum atomic E-state index is -1.07. The Hall–Kier alpha value is -3.34. The number of hydrogen-bond acceptors (Lipinski definition) is 5. The van der Waals surface area contributed by atoms with E-state index in [0.29, 0.717) is 44.2 Å². The van der Waals surface area contributed by atoms with Crippen molar-refractivity contribution in [3.05, 3.63) is 71.1 Å². The van der Waals surface area contributed by atoms with Crippen molar-refractivity contribution in [3.8, 4) is 5.69 Å². The molecule has 1 aromatic heterocycles. The average molecular weight is 420 g/mol. The van der Waals surface area contributed by atoms with Gasteiger partial charge in [0.1, 0.15) is 0 Å². The van der Waals surface area contributed by atoms with Gasteiger partial charge in [-0.2, -0.15) is 4.68 Å². The second-order valence-electron chi connectivity index (χ2n) is 6.80. The van der Waals surface area contributed by atoms with Gasteiger partial charge in [-0.1, -0.05) is 0 Å². The molecule has 0 bridgehead atoms. The number of aromatic nitrogens is 4. The Morgan fingerprint density at radius 1 is 0.867 bits per heavy atom. The van der Waals surface area contributed by atoms with Gasteiger partial charge < -0.3 is 4.90 Å². The van der Waals surface area contributed by atoms with Gasteiger partial charge in [-0.3, -0.25) is 9.69 Å². The van der Waals surface area contributed by atoms with Crippen molar-refractivity contribution in [1.82, 2.24) is 30.0 Å². The molecule has 0 unspecified atom stereocenters. The van der Waals surface area contributed by atoms with Gasteiger partial charge in [-0.05, 0) is 40.8 Å². The number of benzene rings is 2. The topological polar surface area (TPSA) is 67.2 Å². The molecule has 0 N–H and O–H groups in total. The van der Waals surface area contributed by atoms with Crippen LogP contribution in [0.5, 0.6) is 0 Å². The first-order valence-electron chi connectivity index (χ1n) is 9.12. The minimum Gasteiger partial charge on any atom is -0.336 e. The molecular weight excluding hydrogens is 404 g/mol. The quantitative estimate of drug-likeness (QED) is 0.606. The predicted octanol–water partition coefficient (Wildman–Crippen LogP) is 2.18. The highest BCUT2D eigenvalue weighted by Gasteiger charge is 2.24. The lowest BCUT2D eigenvalue weighted by Gasteiger charge is -2.34. The largest absolute Gasteiger partial charge is 0.336 e. The Labute approximate surface area is 168 Å². The Kier molecular flexibility index (Phi) is 5.44. The molecule has 1 aliphatic rings. The van der Waals surface area contributed by atoms with E-state index >= 15 is 0 Å². The Bertz CT molecular complexity index is 1080. The molecule has 2 aromatic carbocycles. The molecule has 4 rings (SSSR count). The van der Waals surface area contributed by atoms with E-state index < -0.39 is 23.3 Å². The van der Waals surface area contributed by atoms with Crippen molar-refractivity contribution >= 4 is 5.91 Å². The molecule has 1 aliphatic heterocycles. The number of amides is 1. The molecule has 156 valence electrons. The zero-order valence-electron chi connectivity index (χ0n) is 15.6. The lowest BCUT2D eigenvalue weighted by molar-refractivity contribution is 0.0624. The van der Waals surface area contributed by atoms with Gasteiger partial charge in [-0.25, -0.2) is 17.6 Å². The summed E-state index contributed by atoms with van der Waals surface area (Å²) in [5, 5.41) is 11.4. The fraction of sp³-hybridized carbons (Fsp3) is 0.263. The van der Waals surface area contributed by atoms with Crippen LogP contribution in [0.3, 0.4) is 0 Å². The second kappa shape index (κ2) is 8.19. The van der Waals surface area contributed by atoms with Gasteiger partial charge in [0, 0.05) is 37.8 Å². The SMILES string of the molecule is O=C(c1ccc(F)c(F)c1)N1CCN(Cc2nnnn2-c2ccc(F)c(F)c2)CC1. The van der Waals surface area contributed by atoms with Crippen LogP contribution in [-0.4, -0.2) is 62.1 Å². The summed E-state index contributed by atoms with van der Waals surface area (Å²) in [5.41, 5.74) is 0.380. The van der Waals surface area contributed by atoms with E-state index in [2.05, 4.69) is 15.5 Å². The Morgan fingerprint density at radius 3 is 2.20 bits per heavy atom. The standard InChI is InChI=1S/C19H16F4N6O/c20-14-3-1-12(9-16(14)22)19(30)28-7-5-27(6-8-28)11-18-24-25-26-29(18)13-2-4-15(21)17(23)10-13/h1-4,9-10H,5-8,11H2. The zero-order chi connectivity index (χ0) is 21.3. The molecule has 2 heterocycles. The molecule has 7 nitrogen and oxygen atoms in total. The summed E-state index contributed by atoms with van der Waals surface area (Å²) in [4.78, 5) is 16.1. The van der Waals surface area contributed by atoms with Crippen LogP contribution < -0.4 is 0 Å². The second-order valence-corrected chi connectivity index (χ2v) is 6.80. The smallest absolute Gasteiger partial charge is 0.254 e. The number of rotatable bonds is 4. The molecule has 0 aliphatic carbocycles. The van der Waals surface area contributed by atoms with E-state index in [0.717, 1.165) is 24.3 Å². The molecule has 11 heteroatoms. The molecule has 1 saturated heterocycles. The van der Waals surface area contributed by atoms with Gasteiger partial charge >= 0.3 is 0 Å². The van der Waals surface area contributed by atoms with Crippen molar-refractivity contribution in [2.75, 3.05) is 26.2 Å². The maximum absolute atomic E-state index is 13.5. The summed E-state index contributed by atoms with van der Waals surface area (Å²) < 4.78 is 54.5. The number of carbonyl (C=O) groups is 1. The van der Waals surface area contributed by atoms with Crippen molar-refractivity contribution < 1.29 is 22.4 Å². The third-order valence-corrected chi connectivity index (χ3v) is 4.87. The van der Waals surface area contributed by atoms with Crippen LogP contribution in [0.25, 0.3) is 5.69 Å². The monoisotopic (exact) mass is 420 g/mol. The molecule has 0 spiro atoms. The number of halogens is 4. The maximum atomic E-state index is 13.5. The van der Waals surface area contributed by atoms with E-state index in [1.807, 2.05) is 4.90 Å². The number of carbonyl (C=O) groups excluding carboxylic acids is 1. The number of tetrazole rings is 1. The van der Waals surface area contributed by atoms with Crippen molar-refractivity contribution in [2.24, 2.45) is 0 Å². The first-order chi connectivity index (χ1) is 14.4. The first-order valence-corrected chi connectivity index (χ1v) is 9.12. The molecule has 1 fully saturated rings. The Balaban J connectivity index is 1.40. The van der Waals surface area contributed by atoms with Gasteiger partial charge in [0.15, 0.2) is 29.1 Å². The fourth-order valence-electron chi connectivity index (χ4n) is 3.24. The van der Waals surface area contributed by atoms with E-state index in [9.17, 15) is 22.4 Å². The van der Waals surface area contributed by atoms with Crippen molar-refractivity contribution in [2.45, 2.75) is 6.54 Å². The zero-order valence-corrected chi connectivity index (χ0v) is 15.6. The van der Waals surface area contributed by atoms with Crippen LogP contribution in [0.4, 0.5) is 17.6 Å². The fourth-order valence-corrected chi connectivity index (χ4v) is 3.24. The van der Waals surface area contributed by atoms with Crippen molar-refractivity contribution in [1.29, 1.82) is 0 Å².